The first kappa shape index (κ1) is 14.8. The Morgan fingerprint density at radius 3 is 2.76 bits per heavy atom. The average molecular weight is 293 g/mol. The molecule has 0 aliphatic heterocycles. The Bertz CT molecular complexity index is 728. The molecule has 1 heterocycles. The Kier molecular flexibility index (Phi) is 4.42. The van der Waals surface area contributed by atoms with Crippen molar-refractivity contribution in [1.29, 1.82) is 0 Å². The number of aromatic nitrogens is 2. The van der Waals surface area contributed by atoms with Crippen molar-refractivity contribution in [2.75, 3.05) is 6.54 Å². The van der Waals surface area contributed by atoms with Gasteiger partial charge in [0.25, 0.3) is 11.5 Å². The number of halogens is 2. The molecule has 0 fully saturated rings. The summed E-state index contributed by atoms with van der Waals surface area (Å²) in [4.78, 5) is 27.6. The van der Waals surface area contributed by atoms with Gasteiger partial charge in [0.1, 0.15) is 5.56 Å². The van der Waals surface area contributed by atoms with Crippen molar-refractivity contribution >= 4 is 5.91 Å². The molecule has 1 aromatic heterocycles. The van der Waals surface area contributed by atoms with Gasteiger partial charge in [-0.1, -0.05) is 6.07 Å². The minimum Gasteiger partial charge on any atom is -0.352 e. The highest BCUT2D eigenvalue weighted by Gasteiger charge is 2.12. The molecule has 7 heteroatoms. The molecule has 2 rings (SSSR count). The summed E-state index contributed by atoms with van der Waals surface area (Å²) in [5.41, 5.74) is -0.242. The molecular weight excluding hydrogens is 280 g/mol. The quantitative estimate of drug-likeness (QED) is 0.924. The number of carbonyl (C=O) groups excluding carboxylic acids is 1. The van der Waals surface area contributed by atoms with Crippen molar-refractivity contribution in [1.82, 2.24) is 14.9 Å². The van der Waals surface area contributed by atoms with Crippen molar-refractivity contribution in [3.8, 4) is 0 Å². The van der Waals surface area contributed by atoms with Crippen LogP contribution in [0, 0.1) is 11.6 Å². The van der Waals surface area contributed by atoms with Gasteiger partial charge in [-0.05, 0) is 24.6 Å². The number of hydrogen-bond donors (Lipinski definition) is 1. The first-order valence-corrected chi connectivity index (χ1v) is 6.29. The predicted octanol–water partition coefficient (Wildman–Crippen LogP) is 1.32. The molecule has 0 atom stereocenters. The van der Waals surface area contributed by atoms with Crippen LogP contribution in [0.5, 0.6) is 0 Å². The topological polar surface area (TPSA) is 64.0 Å². The summed E-state index contributed by atoms with van der Waals surface area (Å²) in [5, 5.41) is 2.51. The molecule has 1 N–H and O–H groups in total. The molecule has 1 amide bonds. The van der Waals surface area contributed by atoms with Gasteiger partial charge in [-0.15, -0.1) is 0 Å². The van der Waals surface area contributed by atoms with Gasteiger partial charge in [0, 0.05) is 12.7 Å². The summed E-state index contributed by atoms with van der Waals surface area (Å²) >= 11 is 0. The Morgan fingerprint density at radius 2 is 2.10 bits per heavy atom. The first-order chi connectivity index (χ1) is 10.0. The van der Waals surface area contributed by atoms with E-state index < -0.39 is 23.1 Å². The van der Waals surface area contributed by atoms with E-state index in [9.17, 15) is 18.4 Å². The van der Waals surface area contributed by atoms with E-state index in [1.54, 1.807) is 6.92 Å². The molecule has 0 spiro atoms. The number of nitrogens with one attached hydrogen (secondary N) is 1. The highest BCUT2D eigenvalue weighted by molar-refractivity contribution is 5.93. The van der Waals surface area contributed by atoms with E-state index in [4.69, 9.17) is 0 Å². The van der Waals surface area contributed by atoms with E-state index in [1.807, 2.05) is 0 Å². The van der Waals surface area contributed by atoms with E-state index in [0.29, 0.717) is 12.1 Å². The van der Waals surface area contributed by atoms with Crippen molar-refractivity contribution in [2.24, 2.45) is 0 Å². The lowest BCUT2D eigenvalue weighted by Gasteiger charge is -2.08. The highest BCUT2D eigenvalue weighted by Crippen LogP contribution is 2.09. The smallest absolute Gasteiger partial charge is 0.266 e. The van der Waals surface area contributed by atoms with Crippen molar-refractivity contribution in [3.05, 3.63) is 63.8 Å². The largest absolute Gasteiger partial charge is 0.352 e. The van der Waals surface area contributed by atoms with Crippen LogP contribution < -0.4 is 10.9 Å². The Hall–Kier alpha value is -2.57. The van der Waals surface area contributed by atoms with Gasteiger partial charge >= 0.3 is 0 Å². The van der Waals surface area contributed by atoms with Gasteiger partial charge in [-0.3, -0.25) is 14.2 Å². The maximum Gasteiger partial charge on any atom is 0.266 e. The van der Waals surface area contributed by atoms with Gasteiger partial charge in [-0.25, -0.2) is 13.8 Å². The number of hydrogen-bond acceptors (Lipinski definition) is 3. The SMILES string of the molecule is CCNC(=O)c1cncn(Cc2ccc(F)c(F)c2)c1=O. The van der Waals surface area contributed by atoms with E-state index >= 15 is 0 Å². The third kappa shape index (κ3) is 3.31. The molecule has 21 heavy (non-hydrogen) atoms. The van der Waals surface area contributed by atoms with E-state index in [0.717, 1.165) is 16.7 Å². The van der Waals surface area contributed by atoms with Gasteiger partial charge < -0.3 is 5.32 Å². The van der Waals surface area contributed by atoms with Crippen LogP contribution in [0.25, 0.3) is 0 Å². The molecule has 2 aromatic rings. The number of carbonyl (C=O) groups is 1. The van der Waals surface area contributed by atoms with Crippen LogP contribution >= 0.6 is 0 Å². The van der Waals surface area contributed by atoms with Gasteiger partial charge in [0.2, 0.25) is 0 Å². The van der Waals surface area contributed by atoms with Crippen molar-refractivity contribution in [2.45, 2.75) is 13.5 Å². The molecule has 0 saturated heterocycles. The van der Waals surface area contributed by atoms with Gasteiger partial charge in [0.05, 0.1) is 12.9 Å². The van der Waals surface area contributed by atoms with Gasteiger partial charge in [-0.2, -0.15) is 0 Å². The third-order valence-electron chi connectivity index (χ3n) is 2.82. The normalized spacial score (nSPS) is 10.4. The molecule has 0 aliphatic rings. The van der Waals surface area contributed by atoms with Crippen LogP contribution in [0.3, 0.4) is 0 Å². The van der Waals surface area contributed by atoms with Gasteiger partial charge in [0.15, 0.2) is 11.6 Å². The van der Waals surface area contributed by atoms with Crippen molar-refractivity contribution in [3.63, 3.8) is 0 Å². The summed E-state index contributed by atoms with van der Waals surface area (Å²) in [5.74, 6) is -2.47. The van der Waals surface area contributed by atoms with E-state index in [2.05, 4.69) is 10.3 Å². The number of amides is 1. The number of nitrogens with zero attached hydrogens (tertiary/aromatic N) is 2. The van der Waals surface area contributed by atoms with Crippen LogP contribution in [0.15, 0.2) is 35.5 Å². The fourth-order valence-corrected chi connectivity index (χ4v) is 1.81. The standard InChI is InChI=1S/C14H13F2N3O2/c1-2-18-13(20)10-6-17-8-19(14(10)21)7-9-3-4-11(15)12(16)5-9/h3-6,8H,2,7H2,1H3,(H,18,20). The number of rotatable bonds is 4. The Labute approximate surface area is 119 Å². The highest BCUT2D eigenvalue weighted by atomic mass is 19.2. The maximum atomic E-state index is 13.1. The van der Waals surface area contributed by atoms with Crippen LogP contribution in [0.4, 0.5) is 8.78 Å². The third-order valence-corrected chi connectivity index (χ3v) is 2.82. The molecule has 0 saturated carbocycles. The molecular formula is C14H13F2N3O2. The molecule has 0 aliphatic carbocycles. The predicted molar refractivity (Wildman–Crippen MR) is 72.0 cm³/mol. The summed E-state index contributed by atoms with van der Waals surface area (Å²) in [6.45, 7) is 2.11. The van der Waals surface area contributed by atoms with Crippen LogP contribution in [-0.4, -0.2) is 22.0 Å². The zero-order valence-electron chi connectivity index (χ0n) is 11.3. The molecule has 5 nitrogen and oxygen atoms in total. The van der Waals surface area contributed by atoms with E-state index in [1.165, 1.54) is 18.6 Å². The average Bonchev–Trinajstić information content (AvgIpc) is 2.45. The number of benzene rings is 1. The lowest BCUT2D eigenvalue weighted by atomic mass is 10.2. The summed E-state index contributed by atoms with van der Waals surface area (Å²) in [7, 11) is 0. The van der Waals surface area contributed by atoms with Crippen LogP contribution in [0.2, 0.25) is 0 Å². The van der Waals surface area contributed by atoms with Crippen LogP contribution in [0.1, 0.15) is 22.8 Å². The molecule has 1 aromatic carbocycles. The second kappa shape index (κ2) is 6.25. The summed E-state index contributed by atoms with van der Waals surface area (Å²) in [6.07, 6.45) is 2.42. The zero-order valence-corrected chi connectivity index (χ0v) is 11.3. The second-order valence-electron chi connectivity index (χ2n) is 4.35. The molecule has 0 unspecified atom stereocenters. The zero-order chi connectivity index (χ0) is 15.4. The second-order valence-corrected chi connectivity index (χ2v) is 4.35. The molecule has 0 radical (unpaired) electrons. The summed E-state index contributed by atoms with van der Waals surface area (Å²) < 4.78 is 27.2. The minimum absolute atomic E-state index is 0.00369. The Balaban J connectivity index is 2.32. The first-order valence-electron chi connectivity index (χ1n) is 6.29. The minimum atomic E-state index is -0.992. The lowest BCUT2D eigenvalue weighted by Crippen LogP contribution is -2.33. The monoisotopic (exact) mass is 293 g/mol. The molecule has 0 bridgehead atoms. The van der Waals surface area contributed by atoms with E-state index in [-0.39, 0.29) is 12.1 Å². The molecule has 110 valence electrons. The maximum absolute atomic E-state index is 13.1. The van der Waals surface area contributed by atoms with Crippen molar-refractivity contribution < 1.29 is 13.6 Å². The lowest BCUT2D eigenvalue weighted by molar-refractivity contribution is 0.0953. The van der Waals surface area contributed by atoms with Crippen LogP contribution in [-0.2, 0) is 6.54 Å². The fraction of sp³-hybridized carbons (Fsp3) is 0.214. The fourth-order valence-electron chi connectivity index (χ4n) is 1.81. The summed E-state index contributed by atoms with van der Waals surface area (Å²) in [6, 6.07) is 3.35. The Morgan fingerprint density at radius 1 is 1.33 bits per heavy atom.